The molecular weight excluding hydrogens is 522 g/mol. The molecule has 0 spiro atoms. The summed E-state index contributed by atoms with van der Waals surface area (Å²) < 4.78 is 0. The van der Waals surface area contributed by atoms with Gasteiger partial charge >= 0.3 is 6.03 Å². The van der Waals surface area contributed by atoms with E-state index < -0.39 is 0 Å². The van der Waals surface area contributed by atoms with Crippen LogP contribution in [0.3, 0.4) is 0 Å². The van der Waals surface area contributed by atoms with Gasteiger partial charge in [0.15, 0.2) is 0 Å². The number of nitrogens with zero attached hydrogens (tertiary/aromatic N) is 1. The lowest BCUT2D eigenvalue weighted by Gasteiger charge is -2.28. The average molecular weight is 564 g/mol. The minimum absolute atomic E-state index is 0.219. The molecule has 3 N–H and O–H groups in total. The first kappa shape index (κ1) is 30.4. The number of anilines is 2. The van der Waals surface area contributed by atoms with Crippen LogP contribution in [0.2, 0.25) is 0 Å². The largest absolute Gasteiger partial charge is 0.507 e. The molecule has 218 valence electrons. The number of aromatic hydroxyl groups is 1. The number of benzene rings is 4. The molecule has 4 aromatic rings. The van der Waals surface area contributed by atoms with Crippen LogP contribution in [0.4, 0.5) is 16.2 Å². The van der Waals surface area contributed by atoms with E-state index in [1.54, 1.807) is 29.2 Å². The third-order valence-electron chi connectivity index (χ3n) is 7.12. The Morgan fingerprint density at radius 2 is 1.05 bits per heavy atom. The molecule has 4 rings (SSSR count). The fourth-order valence-corrected chi connectivity index (χ4v) is 4.81. The molecule has 0 aliphatic rings. The number of hydrogen-bond acceptors (Lipinski definition) is 3. The van der Waals surface area contributed by atoms with Crippen molar-refractivity contribution in [1.82, 2.24) is 4.90 Å². The third kappa shape index (κ3) is 7.58. The average Bonchev–Trinajstić information content (AvgIpc) is 2.93. The zero-order valence-electron chi connectivity index (χ0n) is 25.4. The van der Waals surface area contributed by atoms with Crippen LogP contribution in [0.15, 0.2) is 97.1 Å². The van der Waals surface area contributed by atoms with Gasteiger partial charge in [0, 0.05) is 29.8 Å². The monoisotopic (exact) mass is 563 g/mol. The highest BCUT2D eigenvalue weighted by molar-refractivity contribution is 6.07. The molecule has 0 fully saturated rings. The molecule has 0 atom stereocenters. The Hall–Kier alpha value is -4.58. The molecule has 0 unspecified atom stereocenters. The van der Waals surface area contributed by atoms with Gasteiger partial charge in [-0.1, -0.05) is 114 Å². The molecule has 0 heterocycles. The molecule has 0 aliphatic carbocycles. The van der Waals surface area contributed by atoms with E-state index in [4.69, 9.17) is 0 Å². The maximum absolute atomic E-state index is 13.7. The highest BCUT2D eigenvalue weighted by atomic mass is 16.3. The molecule has 0 saturated carbocycles. The molecule has 6 nitrogen and oxygen atoms in total. The van der Waals surface area contributed by atoms with Crippen LogP contribution in [-0.2, 0) is 23.9 Å². The standard InChI is InChI=1S/C36H41N3O3/c1-35(2,3)28-21-27(22-29(32(28)40)36(4,5)6)33(41)37-30-19-13-14-20-31(30)38-34(42)39(23-25-15-9-7-10-16-25)24-26-17-11-8-12-18-26/h7-22,40H,23-24H2,1-6H3,(H,37,41)(H,38,42). The number of carbonyl (C=O) groups is 2. The van der Waals surface area contributed by atoms with E-state index in [2.05, 4.69) is 10.6 Å². The van der Waals surface area contributed by atoms with Crippen molar-refractivity contribution in [2.45, 2.75) is 65.5 Å². The van der Waals surface area contributed by atoms with Crippen molar-refractivity contribution in [2.24, 2.45) is 0 Å². The Morgan fingerprint density at radius 3 is 1.48 bits per heavy atom. The molecule has 4 aromatic carbocycles. The second kappa shape index (κ2) is 12.5. The minimum Gasteiger partial charge on any atom is -0.507 e. The Balaban J connectivity index is 1.61. The lowest BCUT2D eigenvalue weighted by molar-refractivity contribution is 0.102. The molecule has 0 aromatic heterocycles. The van der Waals surface area contributed by atoms with Gasteiger partial charge in [0.2, 0.25) is 0 Å². The molecule has 0 radical (unpaired) electrons. The summed E-state index contributed by atoms with van der Waals surface area (Å²) in [4.78, 5) is 29.0. The number of hydrogen-bond donors (Lipinski definition) is 3. The van der Waals surface area contributed by atoms with E-state index in [0.717, 1.165) is 11.1 Å². The molecule has 0 aliphatic heterocycles. The van der Waals surface area contributed by atoms with Crippen LogP contribution in [0.25, 0.3) is 0 Å². The van der Waals surface area contributed by atoms with Crippen LogP contribution in [0.1, 0.15) is 74.2 Å². The fraction of sp³-hybridized carbons (Fsp3) is 0.278. The summed E-state index contributed by atoms with van der Waals surface area (Å²) in [6.45, 7) is 12.9. The van der Waals surface area contributed by atoms with Crippen molar-refractivity contribution in [3.8, 4) is 5.75 Å². The quantitative estimate of drug-likeness (QED) is 0.211. The number of phenols is 1. The second-order valence-corrected chi connectivity index (χ2v) is 12.7. The van der Waals surface area contributed by atoms with Gasteiger partial charge in [0.25, 0.3) is 5.91 Å². The number of para-hydroxylation sites is 2. The second-order valence-electron chi connectivity index (χ2n) is 12.7. The van der Waals surface area contributed by atoms with E-state index in [-0.39, 0.29) is 28.5 Å². The summed E-state index contributed by atoms with van der Waals surface area (Å²) in [5, 5.41) is 17.1. The molecule has 42 heavy (non-hydrogen) atoms. The first-order valence-corrected chi connectivity index (χ1v) is 14.2. The summed E-state index contributed by atoms with van der Waals surface area (Å²) in [6.07, 6.45) is 0. The van der Waals surface area contributed by atoms with Gasteiger partial charge in [0.05, 0.1) is 11.4 Å². The Labute approximate surface area is 249 Å². The highest BCUT2D eigenvalue weighted by Gasteiger charge is 2.28. The Kier molecular flexibility index (Phi) is 9.05. The van der Waals surface area contributed by atoms with Crippen molar-refractivity contribution < 1.29 is 14.7 Å². The van der Waals surface area contributed by atoms with Crippen molar-refractivity contribution in [3.63, 3.8) is 0 Å². The van der Waals surface area contributed by atoms with E-state index in [9.17, 15) is 14.7 Å². The molecule has 0 bridgehead atoms. The fourth-order valence-electron chi connectivity index (χ4n) is 4.81. The number of urea groups is 1. The summed E-state index contributed by atoms with van der Waals surface area (Å²) in [6, 6.07) is 30.1. The van der Waals surface area contributed by atoms with Gasteiger partial charge in [-0.25, -0.2) is 4.79 Å². The predicted molar refractivity (Wildman–Crippen MR) is 171 cm³/mol. The van der Waals surface area contributed by atoms with Crippen LogP contribution < -0.4 is 10.6 Å². The van der Waals surface area contributed by atoms with Crippen LogP contribution in [0.5, 0.6) is 5.75 Å². The summed E-state index contributed by atoms with van der Waals surface area (Å²) in [7, 11) is 0. The van der Waals surface area contributed by atoms with Gasteiger partial charge in [-0.15, -0.1) is 0 Å². The lowest BCUT2D eigenvalue weighted by atomic mass is 9.78. The van der Waals surface area contributed by atoms with Gasteiger partial charge in [-0.3, -0.25) is 4.79 Å². The normalized spacial score (nSPS) is 11.6. The van der Waals surface area contributed by atoms with Crippen molar-refractivity contribution in [3.05, 3.63) is 125 Å². The van der Waals surface area contributed by atoms with E-state index in [1.165, 1.54) is 0 Å². The highest BCUT2D eigenvalue weighted by Crippen LogP contribution is 2.40. The van der Waals surface area contributed by atoms with Gasteiger partial charge in [0.1, 0.15) is 5.75 Å². The predicted octanol–water partition coefficient (Wildman–Crippen LogP) is 8.47. The zero-order chi connectivity index (χ0) is 30.5. The van der Waals surface area contributed by atoms with Crippen LogP contribution >= 0.6 is 0 Å². The minimum atomic E-state index is -0.368. The van der Waals surface area contributed by atoms with Gasteiger partial charge < -0.3 is 20.6 Å². The number of nitrogens with one attached hydrogen (secondary N) is 2. The van der Waals surface area contributed by atoms with E-state index in [0.29, 0.717) is 41.2 Å². The van der Waals surface area contributed by atoms with Crippen LogP contribution in [0, 0.1) is 0 Å². The first-order valence-electron chi connectivity index (χ1n) is 14.2. The summed E-state index contributed by atoms with van der Waals surface area (Å²) in [5.41, 5.74) is 4.13. The van der Waals surface area contributed by atoms with Crippen LogP contribution in [-0.4, -0.2) is 21.9 Å². The molecule has 6 heteroatoms. The SMILES string of the molecule is CC(C)(C)c1cc(C(=O)Nc2ccccc2NC(=O)N(Cc2ccccc2)Cc2ccccc2)cc(C(C)(C)C)c1O. The maximum Gasteiger partial charge on any atom is 0.322 e. The lowest BCUT2D eigenvalue weighted by Crippen LogP contribution is -2.34. The molecule has 3 amide bonds. The Morgan fingerprint density at radius 1 is 0.643 bits per heavy atom. The van der Waals surface area contributed by atoms with Crippen molar-refractivity contribution >= 4 is 23.3 Å². The van der Waals surface area contributed by atoms with Crippen molar-refractivity contribution in [2.75, 3.05) is 10.6 Å². The Bertz CT molecular complexity index is 1460. The third-order valence-corrected chi connectivity index (χ3v) is 7.12. The zero-order valence-corrected chi connectivity index (χ0v) is 25.4. The van der Waals surface area contributed by atoms with E-state index in [1.807, 2.05) is 114 Å². The van der Waals surface area contributed by atoms with E-state index >= 15 is 0 Å². The number of rotatable bonds is 7. The molecular formula is C36H41N3O3. The molecule has 0 saturated heterocycles. The first-order chi connectivity index (χ1) is 19.8. The topological polar surface area (TPSA) is 81.7 Å². The van der Waals surface area contributed by atoms with Gasteiger partial charge in [-0.2, -0.15) is 0 Å². The maximum atomic E-state index is 13.7. The number of amides is 3. The van der Waals surface area contributed by atoms with Gasteiger partial charge in [-0.05, 0) is 46.2 Å². The number of carbonyl (C=O) groups excluding carboxylic acids is 2. The summed E-state index contributed by atoms with van der Waals surface area (Å²) in [5.74, 6) is -0.103. The number of phenolic OH excluding ortho intramolecular Hbond substituents is 1. The summed E-state index contributed by atoms with van der Waals surface area (Å²) >= 11 is 0. The smallest absolute Gasteiger partial charge is 0.322 e. The van der Waals surface area contributed by atoms with Crippen molar-refractivity contribution in [1.29, 1.82) is 0 Å².